The maximum absolute atomic E-state index is 12.5. The fraction of sp³-hybridized carbons (Fsp3) is 0.529. The Labute approximate surface area is 130 Å². The van der Waals surface area contributed by atoms with Gasteiger partial charge < -0.3 is 5.11 Å². The molecule has 0 amide bonds. The summed E-state index contributed by atoms with van der Waals surface area (Å²) in [6, 6.07) is 7.54. The molecule has 0 saturated carbocycles. The van der Waals surface area contributed by atoms with E-state index in [9.17, 15) is 9.90 Å². The van der Waals surface area contributed by atoms with Crippen LogP contribution < -0.4 is 5.56 Å². The molecule has 0 bridgehead atoms. The van der Waals surface area contributed by atoms with Crippen LogP contribution in [0.25, 0.3) is 10.9 Å². The summed E-state index contributed by atoms with van der Waals surface area (Å²) >= 11 is 0. The van der Waals surface area contributed by atoms with Crippen molar-refractivity contribution in [1.82, 2.24) is 14.5 Å². The van der Waals surface area contributed by atoms with E-state index in [1.807, 2.05) is 38.1 Å². The number of aromatic nitrogens is 2. The van der Waals surface area contributed by atoms with Crippen LogP contribution >= 0.6 is 0 Å². The first-order valence-electron chi connectivity index (χ1n) is 7.79. The predicted octanol–water partition coefficient (Wildman–Crippen LogP) is 1.67. The predicted molar refractivity (Wildman–Crippen MR) is 86.7 cm³/mol. The smallest absolute Gasteiger partial charge is 0.261 e. The number of para-hydroxylation sites is 1. The van der Waals surface area contributed by atoms with Crippen LogP contribution in [0.2, 0.25) is 0 Å². The summed E-state index contributed by atoms with van der Waals surface area (Å²) < 4.78 is 1.63. The van der Waals surface area contributed by atoms with E-state index in [-0.39, 0.29) is 11.6 Å². The summed E-state index contributed by atoms with van der Waals surface area (Å²) in [7, 11) is 1.77. The van der Waals surface area contributed by atoms with Crippen LogP contribution in [0, 0.1) is 0 Å². The minimum absolute atomic E-state index is 0.0143. The molecule has 1 fully saturated rings. The molecule has 1 N–H and O–H groups in total. The molecule has 1 atom stereocenters. The van der Waals surface area contributed by atoms with E-state index in [1.54, 1.807) is 11.6 Å². The Morgan fingerprint density at radius 2 is 2.09 bits per heavy atom. The van der Waals surface area contributed by atoms with Gasteiger partial charge in [0, 0.05) is 13.1 Å². The Hall–Kier alpha value is -1.72. The number of hydrogen-bond donors (Lipinski definition) is 1. The minimum atomic E-state index is -0.744. The highest BCUT2D eigenvalue weighted by Gasteiger charge is 2.36. The van der Waals surface area contributed by atoms with E-state index >= 15 is 0 Å². The van der Waals surface area contributed by atoms with Gasteiger partial charge in [-0.15, -0.1) is 0 Å². The van der Waals surface area contributed by atoms with Crippen molar-refractivity contribution in [2.45, 2.75) is 44.9 Å². The van der Waals surface area contributed by atoms with Gasteiger partial charge in [-0.2, -0.15) is 0 Å². The lowest BCUT2D eigenvalue weighted by molar-refractivity contribution is -0.00605. The van der Waals surface area contributed by atoms with Gasteiger partial charge in [0.05, 0.1) is 23.0 Å². The second-order valence-corrected chi connectivity index (χ2v) is 6.69. The van der Waals surface area contributed by atoms with Crippen LogP contribution in [0.15, 0.2) is 29.1 Å². The molecule has 1 aliphatic heterocycles. The largest absolute Gasteiger partial charge is 0.389 e. The molecule has 22 heavy (non-hydrogen) atoms. The van der Waals surface area contributed by atoms with E-state index in [2.05, 4.69) is 9.88 Å². The standard InChI is InChI=1S/C17H23N3O2/c1-17(2,22)14-9-6-10-20(14)11-15-18-13-8-5-4-7-12(13)16(21)19(15)3/h4-5,7-8,14,22H,6,9-11H2,1-3H3. The molecule has 1 aliphatic rings. The topological polar surface area (TPSA) is 58.4 Å². The van der Waals surface area contributed by atoms with Crippen molar-refractivity contribution in [1.29, 1.82) is 0 Å². The quantitative estimate of drug-likeness (QED) is 0.937. The molecule has 1 unspecified atom stereocenters. The van der Waals surface area contributed by atoms with Crippen LogP contribution in [-0.4, -0.2) is 37.7 Å². The Bertz CT molecular complexity index is 746. The summed E-state index contributed by atoms with van der Waals surface area (Å²) in [5, 5.41) is 11.0. The van der Waals surface area contributed by atoms with Crippen molar-refractivity contribution < 1.29 is 5.11 Å². The Morgan fingerprint density at radius 1 is 1.36 bits per heavy atom. The van der Waals surface area contributed by atoms with E-state index in [0.717, 1.165) is 30.7 Å². The third-order valence-corrected chi connectivity index (χ3v) is 4.60. The fourth-order valence-corrected chi connectivity index (χ4v) is 3.40. The number of benzene rings is 1. The van der Waals surface area contributed by atoms with Gasteiger partial charge in [0.2, 0.25) is 0 Å². The van der Waals surface area contributed by atoms with Crippen LogP contribution in [0.1, 0.15) is 32.5 Å². The second-order valence-electron chi connectivity index (χ2n) is 6.69. The van der Waals surface area contributed by atoms with Crippen LogP contribution in [0.4, 0.5) is 0 Å². The third-order valence-electron chi connectivity index (χ3n) is 4.60. The molecule has 5 nitrogen and oxygen atoms in total. The number of nitrogens with zero attached hydrogens (tertiary/aromatic N) is 3. The van der Waals surface area contributed by atoms with Gasteiger partial charge in [0.15, 0.2) is 0 Å². The summed E-state index contributed by atoms with van der Waals surface area (Å²) in [5.74, 6) is 0.750. The molecule has 118 valence electrons. The molecule has 2 aromatic rings. The molecular weight excluding hydrogens is 278 g/mol. The highest BCUT2D eigenvalue weighted by Crippen LogP contribution is 2.27. The summed E-state index contributed by atoms with van der Waals surface area (Å²) in [6.45, 7) is 5.22. The van der Waals surface area contributed by atoms with E-state index in [1.165, 1.54) is 0 Å². The van der Waals surface area contributed by atoms with Crippen molar-refractivity contribution in [2.24, 2.45) is 7.05 Å². The third kappa shape index (κ3) is 2.66. The first-order chi connectivity index (χ1) is 10.4. The van der Waals surface area contributed by atoms with Crippen molar-refractivity contribution in [2.75, 3.05) is 6.54 Å². The number of rotatable bonds is 3. The number of fused-ring (bicyclic) bond motifs is 1. The molecule has 3 rings (SSSR count). The zero-order chi connectivity index (χ0) is 15.9. The zero-order valence-corrected chi connectivity index (χ0v) is 13.4. The molecule has 2 heterocycles. The lowest BCUT2D eigenvalue weighted by Gasteiger charge is -2.33. The van der Waals surface area contributed by atoms with Gasteiger partial charge in [-0.3, -0.25) is 14.3 Å². The monoisotopic (exact) mass is 301 g/mol. The van der Waals surface area contributed by atoms with Gasteiger partial charge in [-0.25, -0.2) is 4.98 Å². The number of likely N-dealkylation sites (tertiary alicyclic amines) is 1. The first-order valence-corrected chi connectivity index (χ1v) is 7.79. The normalized spacial score (nSPS) is 19.9. The molecular formula is C17H23N3O2. The maximum Gasteiger partial charge on any atom is 0.261 e. The average molecular weight is 301 g/mol. The molecule has 0 spiro atoms. The second kappa shape index (κ2) is 5.48. The summed E-state index contributed by atoms with van der Waals surface area (Å²) in [4.78, 5) is 19.3. The van der Waals surface area contributed by atoms with E-state index in [0.29, 0.717) is 11.9 Å². The highest BCUT2D eigenvalue weighted by atomic mass is 16.3. The molecule has 1 saturated heterocycles. The molecule has 1 aromatic carbocycles. The summed E-state index contributed by atoms with van der Waals surface area (Å²) in [6.07, 6.45) is 2.04. The van der Waals surface area contributed by atoms with Gasteiger partial charge >= 0.3 is 0 Å². The lowest BCUT2D eigenvalue weighted by Crippen LogP contribution is -2.45. The molecule has 0 radical (unpaired) electrons. The van der Waals surface area contributed by atoms with Crippen LogP contribution in [-0.2, 0) is 13.6 Å². The van der Waals surface area contributed by atoms with Crippen molar-refractivity contribution in [3.05, 3.63) is 40.4 Å². The lowest BCUT2D eigenvalue weighted by atomic mass is 9.97. The SMILES string of the molecule is Cn1c(CN2CCCC2C(C)(C)O)nc2ccccc2c1=O. The molecule has 0 aliphatic carbocycles. The van der Waals surface area contributed by atoms with Crippen molar-refractivity contribution in [3.63, 3.8) is 0 Å². The Kier molecular flexibility index (Phi) is 3.78. The maximum atomic E-state index is 12.5. The number of hydrogen-bond acceptors (Lipinski definition) is 4. The van der Waals surface area contributed by atoms with E-state index in [4.69, 9.17) is 0 Å². The van der Waals surface area contributed by atoms with Crippen molar-refractivity contribution in [3.8, 4) is 0 Å². The highest BCUT2D eigenvalue weighted by molar-refractivity contribution is 5.77. The first kappa shape index (κ1) is 15.2. The van der Waals surface area contributed by atoms with E-state index < -0.39 is 5.60 Å². The van der Waals surface area contributed by atoms with Crippen LogP contribution in [0.5, 0.6) is 0 Å². The summed E-state index contributed by atoms with van der Waals surface area (Å²) in [5.41, 5.74) is -0.0223. The Balaban J connectivity index is 1.97. The fourth-order valence-electron chi connectivity index (χ4n) is 3.40. The van der Waals surface area contributed by atoms with Gasteiger partial charge in [-0.05, 0) is 45.4 Å². The van der Waals surface area contributed by atoms with Gasteiger partial charge in [0.1, 0.15) is 5.82 Å². The molecule has 1 aromatic heterocycles. The Morgan fingerprint density at radius 3 is 2.82 bits per heavy atom. The van der Waals surface area contributed by atoms with Gasteiger partial charge in [-0.1, -0.05) is 12.1 Å². The van der Waals surface area contributed by atoms with Crippen LogP contribution in [0.3, 0.4) is 0 Å². The molecule has 5 heteroatoms. The van der Waals surface area contributed by atoms with Crippen molar-refractivity contribution >= 4 is 10.9 Å². The van der Waals surface area contributed by atoms with Gasteiger partial charge in [0.25, 0.3) is 5.56 Å². The number of aliphatic hydroxyl groups is 1. The average Bonchev–Trinajstić information content (AvgIpc) is 2.93. The zero-order valence-electron chi connectivity index (χ0n) is 13.4. The minimum Gasteiger partial charge on any atom is -0.389 e.